The second kappa shape index (κ2) is 9.13. The molecule has 4 aromatic rings. The largest absolute Gasteiger partial charge is 0.457 e. The van der Waals surface area contributed by atoms with Crippen LogP contribution in [0.5, 0.6) is 11.5 Å². The summed E-state index contributed by atoms with van der Waals surface area (Å²) in [7, 11) is 0. The summed E-state index contributed by atoms with van der Waals surface area (Å²) in [6.45, 7) is 2.07. The molecule has 1 heterocycles. The molecule has 2 N–H and O–H groups in total. The summed E-state index contributed by atoms with van der Waals surface area (Å²) in [5.41, 5.74) is 4.82. The zero-order valence-electron chi connectivity index (χ0n) is 17.2. The second-order valence-electron chi connectivity index (χ2n) is 6.87. The molecular formula is C24H20N4O4. The molecule has 32 heavy (non-hydrogen) atoms. The van der Waals surface area contributed by atoms with E-state index in [0.29, 0.717) is 34.4 Å². The molecule has 8 nitrogen and oxygen atoms in total. The van der Waals surface area contributed by atoms with Crippen LogP contribution < -0.4 is 21.1 Å². The molecule has 3 aromatic carbocycles. The Morgan fingerprint density at radius 2 is 1.50 bits per heavy atom. The van der Waals surface area contributed by atoms with Crippen molar-refractivity contribution >= 4 is 22.6 Å². The Balaban J connectivity index is 1.50. The van der Waals surface area contributed by atoms with Gasteiger partial charge in [-0.15, -0.1) is 0 Å². The van der Waals surface area contributed by atoms with Crippen LogP contribution in [0.15, 0.2) is 83.7 Å². The van der Waals surface area contributed by atoms with Crippen LogP contribution in [0.1, 0.15) is 27.8 Å². The van der Waals surface area contributed by atoms with E-state index >= 15 is 0 Å². The third-order valence-corrected chi connectivity index (χ3v) is 4.75. The lowest BCUT2D eigenvalue weighted by Crippen LogP contribution is -2.42. The average Bonchev–Trinajstić information content (AvgIpc) is 2.83. The standard InChI is InChI=1S/C24H20N4O4/c1-2-28-24(31)20-14-7-6-13-19(20)21(27-28)23(30)26-25-22(29)16-9-8-12-18(15-16)32-17-10-4-3-5-11-17/h3-15H,2H2,1H3,(H,25,29)(H,26,30). The van der Waals surface area contributed by atoms with Gasteiger partial charge in [-0.25, -0.2) is 4.68 Å². The van der Waals surface area contributed by atoms with Gasteiger partial charge in [0.05, 0.1) is 5.39 Å². The van der Waals surface area contributed by atoms with Crippen molar-refractivity contribution in [2.75, 3.05) is 0 Å². The predicted octanol–water partition coefficient (Wildman–Crippen LogP) is 3.28. The first kappa shape index (κ1) is 20.8. The van der Waals surface area contributed by atoms with E-state index in [0.717, 1.165) is 0 Å². The Kier molecular flexibility index (Phi) is 5.94. The van der Waals surface area contributed by atoms with E-state index < -0.39 is 11.8 Å². The number of amides is 2. The molecule has 160 valence electrons. The fourth-order valence-corrected chi connectivity index (χ4v) is 3.19. The number of ether oxygens (including phenoxy) is 1. The van der Waals surface area contributed by atoms with Crippen LogP contribution in [0, 0.1) is 0 Å². The first-order valence-corrected chi connectivity index (χ1v) is 10.0. The fraction of sp³-hybridized carbons (Fsp3) is 0.0833. The Morgan fingerprint density at radius 3 is 2.25 bits per heavy atom. The van der Waals surface area contributed by atoms with Gasteiger partial charge in [-0.3, -0.25) is 25.2 Å². The molecule has 0 bridgehead atoms. The molecule has 1 aromatic heterocycles. The third kappa shape index (κ3) is 4.34. The minimum atomic E-state index is -0.631. The highest BCUT2D eigenvalue weighted by Gasteiger charge is 2.17. The quantitative estimate of drug-likeness (QED) is 0.475. The van der Waals surface area contributed by atoms with E-state index in [1.54, 1.807) is 67.6 Å². The number of carbonyl (C=O) groups is 2. The number of hydrogen-bond acceptors (Lipinski definition) is 5. The fourth-order valence-electron chi connectivity index (χ4n) is 3.19. The summed E-state index contributed by atoms with van der Waals surface area (Å²) in [6, 6.07) is 22.5. The molecule has 0 spiro atoms. The molecule has 0 aliphatic rings. The van der Waals surface area contributed by atoms with Gasteiger partial charge in [0, 0.05) is 17.5 Å². The maximum absolute atomic E-state index is 12.8. The molecule has 0 radical (unpaired) electrons. The maximum Gasteiger partial charge on any atom is 0.290 e. The van der Waals surface area contributed by atoms with Crippen LogP contribution in [0.2, 0.25) is 0 Å². The van der Waals surface area contributed by atoms with Crippen molar-refractivity contribution in [3.8, 4) is 11.5 Å². The molecule has 0 saturated carbocycles. The highest BCUT2D eigenvalue weighted by atomic mass is 16.5. The monoisotopic (exact) mass is 428 g/mol. The van der Waals surface area contributed by atoms with Crippen molar-refractivity contribution < 1.29 is 14.3 Å². The molecule has 0 aliphatic heterocycles. The first-order valence-electron chi connectivity index (χ1n) is 10.0. The van der Waals surface area contributed by atoms with E-state index in [2.05, 4.69) is 16.0 Å². The lowest BCUT2D eigenvalue weighted by molar-refractivity contribution is 0.0843. The maximum atomic E-state index is 12.8. The van der Waals surface area contributed by atoms with Crippen molar-refractivity contribution in [2.24, 2.45) is 0 Å². The van der Waals surface area contributed by atoms with Gasteiger partial charge in [0.1, 0.15) is 11.5 Å². The van der Waals surface area contributed by atoms with Crippen LogP contribution >= 0.6 is 0 Å². The number of nitrogens with zero attached hydrogens (tertiary/aromatic N) is 2. The van der Waals surface area contributed by atoms with Crippen LogP contribution in [0.3, 0.4) is 0 Å². The van der Waals surface area contributed by atoms with E-state index in [1.807, 2.05) is 18.2 Å². The average molecular weight is 428 g/mol. The van der Waals surface area contributed by atoms with Crippen molar-refractivity contribution in [1.29, 1.82) is 0 Å². The number of hydrogen-bond donors (Lipinski definition) is 2. The molecule has 4 rings (SSSR count). The number of nitrogens with one attached hydrogen (secondary N) is 2. The number of rotatable bonds is 5. The Morgan fingerprint density at radius 1 is 0.844 bits per heavy atom. The SMILES string of the molecule is CCn1nc(C(=O)NNC(=O)c2cccc(Oc3ccccc3)c2)c2ccccc2c1=O. The van der Waals surface area contributed by atoms with E-state index in [-0.39, 0.29) is 11.3 Å². The smallest absolute Gasteiger partial charge is 0.290 e. The van der Waals surface area contributed by atoms with Crippen molar-refractivity contribution in [2.45, 2.75) is 13.5 Å². The van der Waals surface area contributed by atoms with Crippen molar-refractivity contribution in [3.05, 3.63) is 100 Å². The summed E-state index contributed by atoms with van der Waals surface area (Å²) in [5, 5.41) is 4.94. The number of para-hydroxylation sites is 1. The van der Waals surface area contributed by atoms with E-state index in [4.69, 9.17) is 4.74 Å². The Bertz CT molecular complexity index is 1350. The summed E-state index contributed by atoms with van der Waals surface area (Å²) >= 11 is 0. The molecule has 0 saturated heterocycles. The molecule has 0 fully saturated rings. The van der Waals surface area contributed by atoms with Crippen molar-refractivity contribution in [3.63, 3.8) is 0 Å². The third-order valence-electron chi connectivity index (χ3n) is 4.75. The zero-order chi connectivity index (χ0) is 22.5. The second-order valence-corrected chi connectivity index (χ2v) is 6.87. The van der Waals surface area contributed by atoms with Crippen LogP contribution in [-0.4, -0.2) is 21.6 Å². The highest BCUT2D eigenvalue weighted by molar-refractivity contribution is 6.06. The number of benzene rings is 3. The van der Waals surface area contributed by atoms with E-state index in [9.17, 15) is 14.4 Å². The van der Waals surface area contributed by atoms with Gasteiger partial charge in [-0.1, -0.05) is 42.5 Å². The lowest BCUT2D eigenvalue weighted by atomic mass is 10.1. The van der Waals surface area contributed by atoms with Crippen LogP contribution in [0.4, 0.5) is 0 Å². The molecule has 2 amide bonds. The summed E-state index contributed by atoms with van der Waals surface area (Å²) in [5.74, 6) is -0.0290. The molecule has 0 atom stereocenters. The molecule has 0 aliphatic carbocycles. The normalized spacial score (nSPS) is 10.5. The number of carbonyl (C=O) groups excluding carboxylic acids is 2. The molecular weight excluding hydrogens is 408 g/mol. The molecule has 0 unspecified atom stereocenters. The van der Waals surface area contributed by atoms with E-state index in [1.165, 1.54) is 4.68 Å². The lowest BCUT2D eigenvalue weighted by Gasteiger charge is -2.11. The van der Waals surface area contributed by atoms with Crippen molar-refractivity contribution in [1.82, 2.24) is 20.6 Å². The number of hydrazine groups is 1. The Hall–Kier alpha value is -4.46. The summed E-state index contributed by atoms with van der Waals surface area (Å²) in [6.07, 6.45) is 0. The first-order chi connectivity index (χ1) is 15.6. The molecule has 8 heteroatoms. The van der Waals surface area contributed by atoms with Crippen LogP contribution in [-0.2, 0) is 6.54 Å². The number of aryl methyl sites for hydroxylation is 1. The Labute approximate surface area is 183 Å². The van der Waals surface area contributed by atoms with Gasteiger partial charge in [0.2, 0.25) is 0 Å². The predicted molar refractivity (Wildman–Crippen MR) is 120 cm³/mol. The topological polar surface area (TPSA) is 102 Å². The van der Waals surface area contributed by atoms with Gasteiger partial charge < -0.3 is 4.74 Å². The minimum Gasteiger partial charge on any atom is -0.457 e. The van der Waals surface area contributed by atoms with Gasteiger partial charge >= 0.3 is 0 Å². The number of fused-ring (bicyclic) bond motifs is 1. The summed E-state index contributed by atoms with van der Waals surface area (Å²) < 4.78 is 6.95. The van der Waals surface area contributed by atoms with Gasteiger partial charge in [-0.2, -0.15) is 5.10 Å². The zero-order valence-corrected chi connectivity index (χ0v) is 17.2. The van der Waals surface area contributed by atoms with Gasteiger partial charge in [0.25, 0.3) is 17.4 Å². The van der Waals surface area contributed by atoms with Gasteiger partial charge in [-0.05, 0) is 43.3 Å². The van der Waals surface area contributed by atoms with Gasteiger partial charge in [0.15, 0.2) is 5.69 Å². The number of aromatic nitrogens is 2. The summed E-state index contributed by atoms with van der Waals surface area (Å²) in [4.78, 5) is 37.8. The highest BCUT2D eigenvalue weighted by Crippen LogP contribution is 2.21. The van der Waals surface area contributed by atoms with Crippen LogP contribution in [0.25, 0.3) is 10.8 Å². The minimum absolute atomic E-state index is 0.0449.